The van der Waals surface area contributed by atoms with Gasteiger partial charge in [-0.1, -0.05) is 18.0 Å². The molecule has 1 heterocycles. The van der Waals surface area contributed by atoms with E-state index in [1.807, 2.05) is 0 Å². The molecule has 0 aromatic heterocycles. The number of hydrogen-bond acceptors (Lipinski definition) is 4. The predicted molar refractivity (Wildman–Crippen MR) is 97.1 cm³/mol. The highest BCUT2D eigenvalue weighted by molar-refractivity contribution is 6.31. The van der Waals surface area contributed by atoms with E-state index in [2.05, 4.69) is 10.2 Å². The van der Waals surface area contributed by atoms with E-state index < -0.39 is 0 Å². The first kappa shape index (κ1) is 20.5. The van der Waals surface area contributed by atoms with Gasteiger partial charge in [0.1, 0.15) is 0 Å². The molecule has 0 radical (unpaired) electrons. The van der Waals surface area contributed by atoms with Crippen LogP contribution in [0.4, 0.5) is 5.69 Å². The molecule has 2 aliphatic rings. The fourth-order valence-corrected chi connectivity index (χ4v) is 3.57. The second kappa shape index (κ2) is 9.04. The summed E-state index contributed by atoms with van der Waals surface area (Å²) in [6, 6.07) is 5.05. The normalized spacial score (nSPS) is 19.9. The van der Waals surface area contributed by atoms with E-state index in [0.717, 1.165) is 31.7 Å². The molecule has 0 bridgehead atoms. The number of piperazine rings is 1. The van der Waals surface area contributed by atoms with Gasteiger partial charge in [0.2, 0.25) is 0 Å². The quantitative estimate of drug-likeness (QED) is 0.635. The number of non-ortho nitro benzene ring substituents is 1. The first-order valence-corrected chi connectivity index (χ1v) is 7.93. The molecule has 1 atom stereocenters. The lowest BCUT2D eigenvalue weighted by Gasteiger charge is -2.43. The van der Waals surface area contributed by atoms with Gasteiger partial charge in [-0.2, -0.15) is 0 Å². The summed E-state index contributed by atoms with van der Waals surface area (Å²) in [5, 5.41) is 15.1. The van der Waals surface area contributed by atoms with E-state index in [1.54, 1.807) is 12.1 Å². The minimum absolute atomic E-state index is 0. The summed E-state index contributed by atoms with van der Waals surface area (Å²) in [7, 11) is 0. The standard InChI is InChI=1S/C15H20ClN3O2.2ClH/c16-14-5-4-12(19(20)21)10-13(14)15(11-2-1-3-11)18-8-6-17-7-9-18;;/h4-5,10-11,15,17H,1-3,6-9H2;2*1H/t15-;;/m1../s1. The molecule has 1 aliphatic heterocycles. The Kier molecular flexibility index (Phi) is 8.04. The van der Waals surface area contributed by atoms with Gasteiger partial charge in [-0.25, -0.2) is 0 Å². The number of halogens is 3. The van der Waals surface area contributed by atoms with Crippen LogP contribution in [0.25, 0.3) is 0 Å². The summed E-state index contributed by atoms with van der Waals surface area (Å²) in [6.45, 7) is 3.88. The van der Waals surface area contributed by atoms with Gasteiger partial charge in [-0.3, -0.25) is 15.0 Å². The predicted octanol–water partition coefficient (Wildman–Crippen LogP) is 3.84. The highest BCUT2D eigenvalue weighted by atomic mass is 35.5. The van der Waals surface area contributed by atoms with Gasteiger partial charge in [-0.05, 0) is 30.4 Å². The van der Waals surface area contributed by atoms with E-state index in [0.29, 0.717) is 10.9 Å². The fourth-order valence-electron chi connectivity index (χ4n) is 3.34. The van der Waals surface area contributed by atoms with Crippen LogP contribution >= 0.6 is 36.4 Å². The van der Waals surface area contributed by atoms with Gasteiger partial charge in [0, 0.05) is 49.4 Å². The molecule has 8 heteroatoms. The second-order valence-corrected chi connectivity index (χ2v) is 6.29. The summed E-state index contributed by atoms with van der Waals surface area (Å²) in [4.78, 5) is 13.2. The van der Waals surface area contributed by atoms with E-state index in [-0.39, 0.29) is 41.5 Å². The number of nitro benzene ring substituents is 1. The molecular formula is C15H22Cl3N3O2. The van der Waals surface area contributed by atoms with Gasteiger partial charge in [0.05, 0.1) is 4.92 Å². The monoisotopic (exact) mass is 381 g/mol. The minimum Gasteiger partial charge on any atom is -0.314 e. The van der Waals surface area contributed by atoms with Gasteiger partial charge >= 0.3 is 0 Å². The zero-order chi connectivity index (χ0) is 14.8. The molecule has 3 rings (SSSR count). The average molecular weight is 383 g/mol. The lowest BCUT2D eigenvalue weighted by Crippen LogP contribution is -2.47. The van der Waals surface area contributed by atoms with Crippen LogP contribution in [0.5, 0.6) is 0 Å². The van der Waals surface area contributed by atoms with Crippen molar-refractivity contribution in [2.75, 3.05) is 26.2 Å². The average Bonchev–Trinajstić information content (AvgIpc) is 2.44. The van der Waals surface area contributed by atoms with Crippen molar-refractivity contribution in [3.05, 3.63) is 38.9 Å². The molecule has 1 saturated heterocycles. The minimum atomic E-state index is -0.338. The molecule has 2 fully saturated rings. The Hall–Kier alpha value is -0.590. The Morgan fingerprint density at radius 1 is 1.26 bits per heavy atom. The Morgan fingerprint density at radius 2 is 1.91 bits per heavy atom. The molecule has 0 unspecified atom stereocenters. The van der Waals surface area contributed by atoms with Crippen LogP contribution in [0.1, 0.15) is 30.9 Å². The van der Waals surface area contributed by atoms with Crippen molar-refractivity contribution in [2.24, 2.45) is 5.92 Å². The molecule has 1 aliphatic carbocycles. The zero-order valence-electron chi connectivity index (χ0n) is 12.7. The molecule has 0 amide bonds. The lowest BCUT2D eigenvalue weighted by molar-refractivity contribution is -0.385. The number of rotatable bonds is 4. The molecule has 1 aromatic carbocycles. The number of benzene rings is 1. The van der Waals surface area contributed by atoms with Crippen molar-refractivity contribution < 1.29 is 4.92 Å². The van der Waals surface area contributed by atoms with Gasteiger partial charge in [0.25, 0.3) is 5.69 Å². The summed E-state index contributed by atoms with van der Waals surface area (Å²) < 4.78 is 0. The molecule has 1 aromatic rings. The fraction of sp³-hybridized carbons (Fsp3) is 0.600. The van der Waals surface area contributed by atoms with Crippen molar-refractivity contribution in [2.45, 2.75) is 25.3 Å². The van der Waals surface area contributed by atoms with E-state index in [4.69, 9.17) is 11.6 Å². The van der Waals surface area contributed by atoms with Crippen LogP contribution in [0.15, 0.2) is 18.2 Å². The van der Waals surface area contributed by atoms with Crippen molar-refractivity contribution >= 4 is 42.1 Å². The Morgan fingerprint density at radius 3 is 2.43 bits per heavy atom. The lowest BCUT2D eigenvalue weighted by atomic mass is 9.76. The summed E-state index contributed by atoms with van der Waals surface area (Å²) >= 11 is 6.38. The largest absolute Gasteiger partial charge is 0.314 e. The Balaban J connectivity index is 0.00000132. The smallest absolute Gasteiger partial charge is 0.269 e. The summed E-state index contributed by atoms with van der Waals surface area (Å²) in [5.74, 6) is 0.572. The van der Waals surface area contributed by atoms with Gasteiger partial charge in [0.15, 0.2) is 0 Å². The van der Waals surface area contributed by atoms with Crippen LogP contribution in [-0.4, -0.2) is 36.0 Å². The third-order valence-corrected chi connectivity index (χ3v) is 4.99. The van der Waals surface area contributed by atoms with E-state index in [1.165, 1.54) is 25.3 Å². The van der Waals surface area contributed by atoms with Crippen LogP contribution in [0.2, 0.25) is 5.02 Å². The molecule has 5 nitrogen and oxygen atoms in total. The van der Waals surface area contributed by atoms with Crippen LogP contribution in [0, 0.1) is 16.0 Å². The summed E-state index contributed by atoms with van der Waals surface area (Å²) in [6.07, 6.45) is 3.63. The first-order valence-electron chi connectivity index (χ1n) is 7.55. The number of hydrogen-bond donors (Lipinski definition) is 1. The molecule has 130 valence electrons. The van der Waals surface area contributed by atoms with Crippen molar-refractivity contribution in [3.63, 3.8) is 0 Å². The molecule has 1 saturated carbocycles. The topological polar surface area (TPSA) is 58.4 Å². The van der Waals surface area contributed by atoms with Gasteiger partial charge < -0.3 is 5.32 Å². The SMILES string of the molecule is Cl.Cl.O=[N+]([O-])c1ccc(Cl)c([C@@H](C2CCC2)N2CCNCC2)c1. The van der Waals surface area contributed by atoms with Gasteiger partial charge in [-0.15, -0.1) is 24.8 Å². The second-order valence-electron chi connectivity index (χ2n) is 5.88. The van der Waals surface area contributed by atoms with Crippen LogP contribution in [-0.2, 0) is 0 Å². The van der Waals surface area contributed by atoms with E-state index in [9.17, 15) is 10.1 Å². The molecule has 0 spiro atoms. The maximum atomic E-state index is 11.1. The third-order valence-electron chi connectivity index (χ3n) is 4.65. The van der Waals surface area contributed by atoms with Crippen molar-refractivity contribution in [3.8, 4) is 0 Å². The Labute approximate surface area is 153 Å². The molecule has 1 N–H and O–H groups in total. The number of nitrogens with one attached hydrogen (secondary N) is 1. The van der Waals surface area contributed by atoms with E-state index >= 15 is 0 Å². The number of nitrogens with zero attached hydrogens (tertiary/aromatic N) is 2. The van der Waals surface area contributed by atoms with Crippen LogP contribution < -0.4 is 5.32 Å². The first-order chi connectivity index (χ1) is 10.2. The van der Waals surface area contributed by atoms with Crippen molar-refractivity contribution in [1.82, 2.24) is 10.2 Å². The number of nitro groups is 1. The Bertz CT molecular complexity index is 535. The zero-order valence-corrected chi connectivity index (χ0v) is 15.1. The molecular weight excluding hydrogens is 361 g/mol. The van der Waals surface area contributed by atoms with Crippen LogP contribution in [0.3, 0.4) is 0 Å². The summed E-state index contributed by atoms with van der Waals surface area (Å²) in [5.41, 5.74) is 1.06. The third kappa shape index (κ3) is 4.48. The maximum absolute atomic E-state index is 11.1. The molecule has 23 heavy (non-hydrogen) atoms. The van der Waals surface area contributed by atoms with Crippen molar-refractivity contribution in [1.29, 1.82) is 0 Å². The highest BCUT2D eigenvalue weighted by Gasteiger charge is 2.35. The maximum Gasteiger partial charge on any atom is 0.269 e. The highest BCUT2D eigenvalue weighted by Crippen LogP contribution is 2.44.